The molecule has 2 aromatic heterocycles. The molecule has 2 N–H and O–H groups in total. The Labute approximate surface area is 194 Å². The Morgan fingerprint density at radius 1 is 1.34 bits per heavy atom. The Balaban J connectivity index is 1.57. The Morgan fingerprint density at radius 2 is 2.22 bits per heavy atom. The number of carboxylic acids is 1. The molecule has 2 heterocycles. The number of aromatic amines is 1. The highest BCUT2D eigenvalue weighted by molar-refractivity contribution is 7.71. The summed E-state index contributed by atoms with van der Waals surface area (Å²) in [4.78, 5) is 30.7. The van der Waals surface area contributed by atoms with Gasteiger partial charge in [0.25, 0.3) is 0 Å². The summed E-state index contributed by atoms with van der Waals surface area (Å²) in [6.07, 6.45) is 20.7. The molecular weight excluding hydrogens is 442 g/mol. The number of aromatic nitrogens is 3. The minimum Gasteiger partial charge on any atom is -0.476 e. The summed E-state index contributed by atoms with van der Waals surface area (Å²) in [5, 5.41) is 11.2. The predicted molar refractivity (Wildman–Crippen MR) is 127 cm³/mol. The number of hydrogen-bond acceptors (Lipinski definition) is 5. The molecule has 32 heavy (non-hydrogen) atoms. The zero-order chi connectivity index (χ0) is 22.3. The van der Waals surface area contributed by atoms with Gasteiger partial charge in [-0.25, -0.2) is 14.6 Å². The molecule has 1 fully saturated rings. The molecule has 164 valence electrons. The topological polar surface area (TPSA) is 88.0 Å². The van der Waals surface area contributed by atoms with Crippen LogP contribution in [0.3, 0.4) is 0 Å². The molecule has 3 aliphatic rings. The molecule has 0 bridgehead atoms. The quantitative estimate of drug-likeness (QED) is 0.611. The molecule has 0 radical (unpaired) electrons. The van der Waals surface area contributed by atoms with Gasteiger partial charge in [0.15, 0.2) is 5.69 Å². The smallest absolute Gasteiger partial charge is 0.355 e. The SMILES string of the molecule is O=C(O)c1csc(Cn2cc(C3C=CC=C4CCCCC45CC=CC=C35)c(=S)[nH]c2=O)n1. The van der Waals surface area contributed by atoms with E-state index in [9.17, 15) is 9.59 Å². The molecule has 3 aliphatic carbocycles. The number of H-pyrrole nitrogens is 1. The van der Waals surface area contributed by atoms with Gasteiger partial charge in [0, 0.05) is 28.5 Å². The van der Waals surface area contributed by atoms with Gasteiger partial charge in [-0.05, 0) is 31.3 Å². The van der Waals surface area contributed by atoms with Gasteiger partial charge in [-0.3, -0.25) is 9.55 Å². The number of aromatic carboxylic acids is 1. The lowest BCUT2D eigenvalue weighted by molar-refractivity contribution is 0.0691. The van der Waals surface area contributed by atoms with Gasteiger partial charge >= 0.3 is 11.7 Å². The third-order valence-electron chi connectivity index (χ3n) is 6.73. The molecule has 0 aromatic carbocycles. The van der Waals surface area contributed by atoms with E-state index in [0.717, 1.165) is 24.8 Å². The molecule has 1 saturated carbocycles. The van der Waals surface area contributed by atoms with E-state index in [-0.39, 0.29) is 29.3 Å². The first kappa shape index (κ1) is 21.0. The largest absolute Gasteiger partial charge is 0.476 e. The van der Waals surface area contributed by atoms with Crippen LogP contribution < -0.4 is 5.69 Å². The normalized spacial score (nSPS) is 24.2. The number of carbonyl (C=O) groups is 1. The number of rotatable bonds is 4. The highest BCUT2D eigenvalue weighted by atomic mass is 32.1. The Morgan fingerprint density at radius 3 is 3.03 bits per heavy atom. The minimum absolute atomic E-state index is 0.00849. The van der Waals surface area contributed by atoms with Crippen LogP contribution in [0.5, 0.6) is 0 Å². The summed E-state index contributed by atoms with van der Waals surface area (Å²) >= 11 is 6.84. The van der Waals surface area contributed by atoms with Crippen molar-refractivity contribution >= 4 is 29.5 Å². The second-order valence-corrected chi connectivity index (χ2v) is 9.85. The fourth-order valence-electron chi connectivity index (χ4n) is 5.22. The van der Waals surface area contributed by atoms with E-state index >= 15 is 0 Å². The predicted octanol–water partition coefficient (Wildman–Crippen LogP) is 5.14. The molecule has 0 amide bonds. The molecule has 0 aliphatic heterocycles. The number of nitrogens with one attached hydrogen (secondary N) is 1. The summed E-state index contributed by atoms with van der Waals surface area (Å²) in [6.45, 7) is 0.194. The lowest BCUT2D eigenvalue weighted by Crippen LogP contribution is -2.32. The highest BCUT2D eigenvalue weighted by Crippen LogP contribution is 2.56. The van der Waals surface area contributed by atoms with Gasteiger partial charge in [0.2, 0.25) is 0 Å². The summed E-state index contributed by atoms with van der Waals surface area (Å²) in [6, 6.07) is 0. The van der Waals surface area contributed by atoms with Crippen molar-refractivity contribution in [2.45, 2.75) is 44.6 Å². The molecule has 8 heteroatoms. The van der Waals surface area contributed by atoms with Crippen molar-refractivity contribution < 1.29 is 9.90 Å². The average Bonchev–Trinajstić information content (AvgIpc) is 3.17. The fourth-order valence-corrected chi connectivity index (χ4v) is 6.25. The second-order valence-electron chi connectivity index (χ2n) is 8.50. The van der Waals surface area contributed by atoms with Crippen molar-refractivity contribution in [2.24, 2.45) is 5.41 Å². The minimum atomic E-state index is -1.07. The summed E-state index contributed by atoms with van der Waals surface area (Å²) in [5.41, 5.74) is 3.40. The number of thiazole rings is 1. The van der Waals surface area contributed by atoms with E-state index in [1.54, 1.807) is 0 Å². The van der Waals surface area contributed by atoms with Crippen LogP contribution in [-0.2, 0) is 6.54 Å². The van der Waals surface area contributed by atoms with Gasteiger partial charge in [0.1, 0.15) is 9.65 Å². The average molecular weight is 466 g/mol. The van der Waals surface area contributed by atoms with Crippen LogP contribution >= 0.6 is 23.6 Å². The number of carboxylic acid groups (broad SMARTS) is 1. The Hall–Kier alpha value is -2.84. The Kier molecular flexibility index (Phi) is 5.43. The maximum atomic E-state index is 12.6. The van der Waals surface area contributed by atoms with E-state index in [2.05, 4.69) is 46.4 Å². The van der Waals surface area contributed by atoms with Crippen molar-refractivity contribution in [2.75, 3.05) is 0 Å². The van der Waals surface area contributed by atoms with Crippen LogP contribution in [0.25, 0.3) is 0 Å². The second kappa shape index (κ2) is 8.26. The molecule has 1 spiro atoms. The van der Waals surface area contributed by atoms with E-state index in [1.807, 2.05) is 6.20 Å². The van der Waals surface area contributed by atoms with Crippen molar-refractivity contribution in [3.63, 3.8) is 0 Å². The monoisotopic (exact) mass is 465 g/mol. The maximum absolute atomic E-state index is 12.6. The van der Waals surface area contributed by atoms with Crippen LogP contribution in [-0.4, -0.2) is 25.6 Å². The molecule has 0 saturated heterocycles. The van der Waals surface area contributed by atoms with E-state index in [0.29, 0.717) is 9.65 Å². The van der Waals surface area contributed by atoms with Gasteiger partial charge in [0.05, 0.1) is 6.54 Å². The first-order valence-electron chi connectivity index (χ1n) is 10.7. The number of allylic oxidation sites excluding steroid dienone is 8. The molecule has 6 nitrogen and oxygen atoms in total. The van der Waals surface area contributed by atoms with Crippen LogP contribution in [0.1, 0.15) is 59.1 Å². The standard InChI is InChI=1S/C24H23N3O3S2/c28-22(29)19-14-32-20(25-19)13-27-12-17(21(31)26-23(27)30)16-8-5-7-15-6-1-3-10-24(15)11-4-2-9-18(16)24/h2,4-5,7-9,12,14,16H,1,3,6,10-11,13H2,(H,28,29)(H,26,30,31). The molecular formula is C24H23N3O3S2. The maximum Gasteiger partial charge on any atom is 0.355 e. The molecule has 5 rings (SSSR count). The first-order chi connectivity index (χ1) is 15.5. The number of nitrogens with zero attached hydrogens (tertiary/aromatic N) is 2. The molecule has 2 aromatic rings. The zero-order valence-corrected chi connectivity index (χ0v) is 19.0. The third kappa shape index (κ3) is 3.57. The van der Waals surface area contributed by atoms with Crippen molar-refractivity contribution in [1.29, 1.82) is 0 Å². The summed E-state index contributed by atoms with van der Waals surface area (Å²) < 4.78 is 1.98. The number of hydrogen-bond donors (Lipinski definition) is 2. The zero-order valence-electron chi connectivity index (χ0n) is 17.4. The van der Waals surface area contributed by atoms with Crippen LogP contribution in [0.2, 0.25) is 0 Å². The van der Waals surface area contributed by atoms with E-state index in [1.165, 1.54) is 45.3 Å². The Bertz CT molecular complexity index is 1320. The molecule has 2 atom stereocenters. The summed E-state index contributed by atoms with van der Waals surface area (Å²) in [7, 11) is 0. The first-order valence-corrected chi connectivity index (χ1v) is 12.0. The van der Waals surface area contributed by atoms with E-state index in [4.69, 9.17) is 17.3 Å². The van der Waals surface area contributed by atoms with Crippen molar-refractivity contribution in [3.8, 4) is 0 Å². The summed E-state index contributed by atoms with van der Waals surface area (Å²) in [5.74, 6) is -1.11. The van der Waals surface area contributed by atoms with Gasteiger partial charge in [-0.2, -0.15) is 0 Å². The molecule has 2 unspecified atom stereocenters. The van der Waals surface area contributed by atoms with Gasteiger partial charge in [-0.1, -0.05) is 60.7 Å². The van der Waals surface area contributed by atoms with Crippen molar-refractivity contribution in [3.05, 3.63) is 90.6 Å². The van der Waals surface area contributed by atoms with Crippen LogP contribution in [0, 0.1) is 10.1 Å². The lowest BCUT2D eigenvalue weighted by atomic mass is 9.60. The third-order valence-corrected chi connectivity index (χ3v) is 7.90. The van der Waals surface area contributed by atoms with Crippen LogP contribution in [0.15, 0.2) is 64.0 Å². The fraction of sp³-hybridized carbons (Fsp3) is 0.333. The van der Waals surface area contributed by atoms with E-state index < -0.39 is 5.97 Å². The van der Waals surface area contributed by atoms with Gasteiger partial charge in [-0.15, -0.1) is 11.3 Å². The van der Waals surface area contributed by atoms with Crippen LogP contribution in [0.4, 0.5) is 0 Å². The van der Waals surface area contributed by atoms with Gasteiger partial charge < -0.3 is 5.11 Å². The van der Waals surface area contributed by atoms with Crippen molar-refractivity contribution in [1.82, 2.24) is 14.5 Å². The lowest BCUT2D eigenvalue weighted by Gasteiger charge is -2.44. The highest BCUT2D eigenvalue weighted by Gasteiger charge is 2.43.